The minimum atomic E-state index is -3.80. The van der Waals surface area contributed by atoms with Gasteiger partial charge in [0.05, 0.1) is 17.5 Å². The molecule has 1 amide bonds. The molecule has 0 aromatic heterocycles. The van der Waals surface area contributed by atoms with Crippen LogP contribution in [0.5, 0.6) is 5.75 Å². The molecule has 134 valence electrons. The number of carbonyl (C=O) groups excluding carboxylic acids is 1. The first-order chi connectivity index (χ1) is 11.8. The number of benzene rings is 2. The van der Waals surface area contributed by atoms with E-state index in [1.807, 2.05) is 26.0 Å². The smallest absolute Gasteiger partial charge is 0.242 e. The zero-order valence-corrected chi connectivity index (χ0v) is 15.3. The van der Waals surface area contributed by atoms with Crippen molar-refractivity contribution in [2.45, 2.75) is 31.7 Å². The molecule has 0 unspecified atom stereocenters. The van der Waals surface area contributed by atoms with Crippen molar-refractivity contribution in [3.05, 3.63) is 54.1 Å². The van der Waals surface area contributed by atoms with Crippen LogP contribution in [0.25, 0.3) is 0 Å². The third-order valence-electron chi connectivity index (χ3n) is 3.49. The second kappa shape index (κ2) is 8.13. The number of nitrogens with one attached hydrogen (secondary N) is 2. The number of amides is 1. The van der Waals surface area contributed by atoms with Crippen molar-refractivity contribution in [2.75, 3.05) is 11.9 Å². The Kier molecular flexibility index (Phi) is 6.17. The molecule has 0 spiro atoms. The molecule has 0 radical (unpaired) electrons. The van der Waals surface area contributed by atoms with Crippen LogP contribution in [0.2, 0.25) is 0 Å². The molecule has 2 aromatic carbocycles. The quantitative estimate of drug-likeness (QED) is 0.793. The lowest BCUT2D eigenvalue weighted by Gasteiger charge is -2.15. The van der Waals surface area contributed by atoms with Gasteiger partial charge in [-0.1, -0.05) is 17.7 Å². The van der Waals surface area contributed by atoms with Crippen LogP contribution in [-0.2, 0) is 14.8 Å². The monoisotopic (exact) mass is 362 g/mol. The topological polar surface area (TPSA) is 84.5 Å². The molecule has 2 rings (SSSR count). The maximum Gasteiger partial charge on any atom is 0.242 e. The lowest BCUT2D eigenvalue weighted by atomic mass is 10.2. The SMILES string of the molecule is CCOc1ccc(S(=O)(=O)N[C@@H](C)C(=O)Nc2ccc(C)cc2)cc1. The summed E-state index contributed by atoms with van der Waals surface area (Å²) < 4.78 is 32.4. The third kappa shape index (κ3) is 5.30. The van der Waals surface area contributed by atoms with E-state index in [0.29, 0.717) is 18.0 Å². The Bertz CT molecular complexity index is 815. The van der Waals surface area contributed by atoms with Crippen LogP contribution >= 0.6 is 0 Å². The molecule has 25 heavy (non-hydrogen) atoms. The average Bonchev–Trinajstić information content (AvgIpc) is 2.57. The van der Waals surface area contributed by atoms with E-state index in [1.165, 1.54) is 19.1 Å². The van der Waals surface area contributed by atoms with Crippen LogP contribution in [0, 0.1) is 6.92 Å². The van der Waals surface area contributed by atoms with Crippen molar-refractivity contribution in [2.24, 2.45) is 0 Å². The van der Waals surface area contributed by atoms with E-state index in [0.717, 1.165) is 5.56 Å². The van der Waals surface area contributed by atoms with Crippen molar-refractivity contribution in [1.29, 1.82) is 0 Å². The second-order valence-corrected chi connectivity index (χ2v) is 7.32. The van der Waals surface area contributed by atoms with Gasteiger partial charge in [-0.05, 0) is 57.2 Å². The summed E-state index contributed by atoms with van der Waals surface area (Å²) in [6.45, 7) is 5.79. The first-order valence-corrected chi connectivity index (χ1v) is 9.43. The second-order valence-electron chi connectivity index (χ2n) is 5.60. The third-order valence-corrected chi connectivity index (χ3v) is 5.05. The van der Waals surface area contributed by atoms with Gasteiger partial charge < -0.3 is 10.1 Å². The number of hydrogen-bond donors (Lipinski definition) is 2. The number of anilines is 1. The summed E-state index contributed by atoms with van der Waals surface area (Å²) in [6, 6.07) is 12.4. The fraction of sp³-hybridized carbons (Fsp3) is 0.278. The highest BCUT2D eigenvalue weighted by molar-refractivity contribution is 7.89. The molecule has 0 fully saturated rings. The van der Waals surface area contributed by atoms with E-state index in [9.17, 15) is 13.2 Å². The Balaban J connectivity index is 2.03. The number of sulfonamides is 1. The van der Waals surface area contributed by atoms with Crippen molar-refractivity contribution in [1.82, 2.24) is 4.72 Å². The fourth-order valence-corrected chi connectivity index (χ4v) is 3.33. The van der Waals surface area contributed by atoms with Gasteiger partial charge in [0.2, 0.25) is 15.9 Å². The molecule has 1 atom stereocenters. The molecular formula is C18H22N2O4S. The van der Waals surface area contributed by atoms with Gasteiger partial charge in [0.15, 0.2) is 0 Å². The van der Waals surface area contributed by atoms with Gasteiger partial charge in [-0.2, -0.15) is 4.72 Å². The molecule has 0 bridgehead atoms. The molecule has 0 aliphatic heterocycles. The Morgan fingerprint density at radius 3 is 2.24 bits per heavy atom. The summed E-state index contributed by atoms with van der Waals surface area (Å²) >= 11 is 0. The summed E-state index contributed by atoms with van der Waals surface area (Å²) in [4.78, 5) is 12.3. The summed E-state index contributed by atoms with van der Waals surface area (Å²) in [6.07, 6.45) is 0. The molecule has 0 saturated carbocycles. The molecular weight excluding hydrogens is 340 g/mol. The highest BCUT2D eigenvalue weighted by Crippen LogP contribution is 2.16. The van der Waals surface area contributed by atoms with E-state index in [4.69, 9.17) is 4.74 Å². The lowest BCUT2D eigenvalue weighted by molar-refractivity contribution is -0.117. The molecule has 0 saturated heterocycles. The maximum absolute atomic E-state index is 12.4. The van der Waals surface area contributed by atoms with Crippen LogP contribution in [0.4, 0.5) is 5.69 Å². The summed E-state index contributed by atoms with van der Waals surface area (Å²) in [5.41, 5.74) is 1.69. The summed E-state index contributed by atoms with van der Waals surface area (Å²) in [5.74, 6) is 0.157. The van der Waals surface area contributed by atoms with Crippen LogP contribution in [-0.4, -0.2) is 27.0 Å². The number of aryl methyl sites for hydroxylation is 1. The van der Waals surface area contributed by atoms with Gasteiger partial charge in [0.1, 0.15) is 5.75 Å². The standard InChI is InChI=1S/C18H22N2O4S/c1-4-24-16-9-11-17(12-10-16)25(22,23)20-14(3)18(21)19-15-7-5-13(2)6-8-15/h5-12,14,20H,4H2,1-3H3,(H,19,21)/t14-/m0/s1. The highest BCUT2D eigenvalue weighted by Gasteiger charge is 2.22. The molecule has 6 nitrogen and oxygen atoms in total. The van der Waals surface area contributed by atoms with Crippen LogP contribution in [0.1, 0.15) is 19.4 Å². The highest BCUT2D eigenvalue weighted by atomic mass is 32.2. The average molecular weight is 362 g/mol. The molecule has 7 heteroatoms. The largest absolute Gasteiger partial charge is 0.494 e. The van der Waals surface area contributed by atoms with Crippen LogP contribution in [0.3, 0.4) is 0 Å². The van der Waals surface area contributed by atoms with E-state index in [-0.39, 0.29) is 4.90 Å². The van der Waals surface area contributed by atoms with Gasteiger partial charge >= 0.3 is 0 Å². The van der Waals surface area contributed by atoms with Crippen molar-refractivity contribution < 1.29 is 17.9 Å². The predicted octanol–water partition coefficient (Wildman–Crippen LogP) is 2.70. The van der Waals surface area contributed by atoms with Crippen molar-refractivity contribution in [3.8, 4) is 5.75 Å². The number of rotatable bonds is 7. The first kappa shape index (κ1) is 19.0. The fourth-order valence-electron chi connectivity index (χ4n) is 2.12. The summed E-state index contributed by atoms with van der Waals surface area (Å²) in [5, 5.41) is 2.68. The predicted molar refractivity (Wildman–Crippen MR) is 97.2 cm³/mol. The van der Waals surface area contributed by atoms with Gasteiger partial charge in [-0.15, -0.1) is 0 Å². The van der Waals surface area contributed by atoms with Gasteiger partial charge in [-0.3, -0.25) is 4.79 Å². The van der Waals surface area contributed by atoms with E-state index in [2.05, 4.69) is 10.0 Å². The van der Waals surface area contributed by atoms with Crippen molar-refractivity contribution >= 4 is 21.6 Å². The number of ether oxygens (including phenoxy) is 1. The van der Waals surface area contributed by atoms with E-state index >= 15 is 0 Å². The van der Waals surface area contributed by atoms with Gasteiger partial charge in [-0.25, -0.2) is 8.42 Å². The minimum absolute atomic E-state index is 0.0749. The molecule has 0 heterocycles. The minimum Gasteiger partial charge on any atom is -0.494 e. The summed E-state index contributed by atoms with van der Waals surface area (Å²) in [7, 11) is -3.80. The lowest BCUT2D eigenvalue weighted by Crippen LogP contribution is -2.41. The number of hydrogen-bond acceptors (Lipinski definition) is 4. The maximum atomic E-state index is 12.4. The number of carbonyl (C=O) groups is 1. The van der Waals surface area contributed by atoms with Gasteiger partial charge in [0, 0.05) is 5.69 Å². The Labute approximate surface area is 148 Å². The van der Waals surface area contributed by atoms with E-state index < -0.39 is 22.0 Å². The Morgan fingerprint density at radius 1 is 1.08 bits per heavy atom. The normalized spacial score (nSPS) is 12.4. The molecule has 2 aromatic rings. The Morgan fingerprint density at radius 2 is 1.68 bits per heavy atom. The zero-order chi connectivity index (χ0) is 18.4. The molecule has 2 N–H and O–H groups in total. The Hall–Kier alpha value is -2.38. The first-order valence-electron chi connectivity index (χ1n) is 7.94. The zero-order valence-electron chi connectivity index (χ0n) is 14.4. The van der Waals surface area contributed by atoms with Crippen molar-refractivity contribution in [3.63, 3.8) is 0 Å². The van der Waals surface area contributed by atoms with Crippen LogP contribution < -0.4 is 14.8 Å². The molecule has 0 aliphatic rings. The van der Waals surface area contributed by atoms with Gasteiger partial charge in [0.25, 0.3) is 0 Å². The van der Waals surface area contributed by atoms with E-state index in [1.54, 1.807) is 24.3 Å². The molecule has 0 aliphatic carbocycles. The van der Waals surface area contributed by atoms with Crippen LogP contribution in [0.15, 0.2) is 53.4 Å².